The second kappa shape index (κ2) is 8.71. The fourth-order valence-corrected chi connectivity index (χ4v) is 4.02. The van der Waals surface area contributed by atoms with Gasteiger partial charge in [-0.25, -0.2) is 14.2 Å². The topological polar surface area (TPSA) is 90.7 Å². The average Bonchev–Trinajstić information content (AvgIpc) is 3.01. The number of halogens is 1. The Bertz CT molecular complexity index is 1090. The summed E-state index contributed by atoms with van der Waals surface area (Å²) in [5.41, 5.74) is 0.185. The zero-order valence-corrected chi connectivity index (χ0v) is 17.1. The number of nitrogens with zero attached hydrogens (tertiary/aromatic N) is 2. The van der Waals surface area contributed by atoms with Crippen LogP contribution in [0.2, 0.25) is 0 Å². The van der Waals surface area contributed by atoms with Crippen LogP contribution in [0.1, 0.15) is 28.0 Å². The lowest BCUT2D eigenvalue weighted by atomic mass is 10.2. The zero-order valence-electron chi connectivity index (χ0n) is 16.3. The molecule has 0 aliphatic heterocycles. The summed E-state index contributed by atoms with van der Waals surface area (Å²) in [5.74, 6) is -0.0343. The van der Waals surface area contributed by atoms with Crippen LogP contribution in [0.4, 0.5) is 4.39 Å². The van der Waals surface area contributed by atoms with Crippen molar-refractivity contribution in [1.82, 2.24) is 9.55 Å². The van der Waals surface area contributed by atoms with Gasteiger partial charge in [0, 0.05) is 0 Å². The number of fused-ring (bicyclic) bond motifs is 1. The minimum atomic E-state index is -0.987. The Morgan fingerprint density at radius 2 is 2.00 bits per heavy atom. The lowest BCUT2D eigenvalue weighted by molar-refractivity contribution is 0.0531. The Morgan fingerprint density at radius 1 is 1.31 bits per heavy atom. The smallest absolute Gasteiger partial charge is 0.348 e. The summed E-state index contributed by atoms with van der Waals surface area (Å²) < 4.78 is 24.8. The molecule has 154 valence electrons. The molecule has 0 aliphatic carbocycles. The summed E-state index contributed by atoms with van der Waals surface area (Å²) in [7, 11) is 0. The molecule has 0 bridgehead atoms. The van der Waals surface area contributed by atoms with Crippen molar-refractivity contribution in [3.63, 3.8) is 0 Å². The molecule has 9 heteroatoms. The van der Waals surface area contributed by atoms with Crippen LogP contribution >= 0.6 is 11.3 Å². The molecule has 0 aliphatic rings. The summed E-state index contributed by atoms with van der Waals surface area (Å²) in [6.45, 7) is 5.19. The van der Waals surface area contributed by atoms with Gasteiger partial charge in [0.25, 0.3) is 5.56 Å². The van der Waals surface area contributed by atoms with Gasteiger partial charge >= 0.3 is 5.97 Å². The molecule has 3 aromatic rings. The standard InChI is InChI=1S/C20H21FN2O5S/c1-4-27-20(26)17-11(2)16-18(29-17)22-12(3)23(19(16)25)9-14(24)10-28-15-7-5-13(21)6-8-15/h5-8,14,24H,4,9-10H2,1-3H3/t14-/m1/s1. The number of aryl methyl sites for hydroxylation is 2. The van der Waals surface area contributed by atoms with Gasteiger partial charge < -0.3 is 14.6 Å². The highest BCUT2D eigenvalue weighted by atomic mass is 32.1. The van der Waals surface area contributed by atoms with Crippen LogP contribution in [-0.2, 0) is 11.3 Å². The van der Waals surface area contributed by atoms with Crippen LogP contribution in [0.25, 0.3) is 10.2 Å². The van der Waals surface area contributed by atoms with E-state index in [1.165, 1.54) is 28.8 Å². The molecule has 0 saturated heterocycles. The van der Waals surface area contributed by atoms with Crippen molar-refractivity contribution in [3.8, 4) is 5.75 Å². The van der Waals surface area contributed by atoms with Gasteiger partial charge in [-0.3, -0.25) is 9.36 Å². The number of ether oxygens (including phenoxy) is 2. The monoisotopic (exact) mass is 420 g/mol. The molecule has 1 N–H and O–H groups in total. The first-order valence-electron chi connectivity index (χ1n) is 9.05. The third kappa shape index (κ3) is 4.46. The van der Waals surface area contributed by atoms with Crippen LogP contribution in [0.15, 0.2) is 29.1 Å². The molecule has 0 fully saturated rings. The highest BCUT2D eigenvalue weighted by Crippen LogP contribution is 2.28. The van der Waals surface area contributed by atoms with E-state index in [9.17, 15) is 19.1 Å². The average molecular weight is 420 g/mol. The fourth-order valence-electron chi connectivity index (χ4n) is 2.91. The first-order valence-corrected chi connectivity index (χ1v) is 9.87. The summed E-state index contributed by atoms with van der Waals surface area (Å²) in [6, 6.07) is 5.43. The van der Waals surface area contributed by atoms with Gasteiger partial charge in [-0.1, -0.05) is 0 Å². The van der Waals surface area contributed by atoms with Gasteiger partial charge in [-0.05, 0) is 50.6 Å². The van der Waals surface area contributed by atoms with E-state index in [0.29, 0.717) is 32.2 Å². The van der Waals surface area contributed by atoms with Crippen LogP contribution < -0.4 is 10.3 Å². The Morgan fingerprint density at radius 3 is 2.66 bits per heavy atom. The molecule has 2 heterocycles. The van der Waals surface area contributed by atoms with Crippen molar-refractivity contribution in [1.29, 1.82) is 0 Å². The molecular weight excluding hydrogens is 399 g/mol. The van der Waals surface area contributed by atoms with Gasteiger partial charge in [0.1, 0.15) is 39.8 Å². The van der Waals surface area contributed by atoms with E-state index < -0.39 is 12.1 Å². The lowest BCUT2D eigenvalue weighted by Crippen LogP contribution is -2.32. The van der Waals surface area contributed by atoms with E-state index in [4.69, 9.17) is 9.47 Å². The maximum atomic E-state index is 13.0. The summed E-state index contributed by atoms with van der Waals surface area (Å²) >= 11 is 1.12. The van der Waals surface area contributed by atoms with Gasteiger partial charge in [-0.15, -0.1) is 11.3 Å². The Hall–Kier alpha value is -2.78. The second-order valence-electron chi connectivity index (χ2n) is 6.45. The minimum absolute atomic E-state index is 0.0289. The van der Waals surface area contributed by atoms with Crippen LogP contribution in [0.5, 0.6) is 5.75 Å². The minimum Gasteiger partial charge on any atom is -0.491 e. The van der Waals surface area contributed by atoms with Crippen molar-refractivity contribution in [2.75, 3.05) is 13.2 Å². The lowest BCUT2D eigenvalue weighted by Gasteiger charge is -2.15. The molecule has 0 radical (unpaired) electrons. The van der Waals surface area contributed by atoms with Crippen molar-refractivity contribution < 1.29 is 23.8 Å². The largest absolute Gasteiger partial charge is 0.491 e. The number of hydrogen-bond acceptors (Lipinski definition) is 7. The summed E-state index contributed by atoms with van der Waals surface area (Å²) in [5, 5.41) is 10.7. The number of hydrogen-bond donors (Lipinski definition) is 1. The number of carbonyl (C=O) groups is 1. The molecule has 2 aromatic heterocycles. The first kappa shape index (κ1) is 20.9. The predicted octanol–water partition coefficient (Wildman–Crippen LogP) is 2.83. The SMILES string of the molecule is CCOC(=O)c1sc2nc(C)n(C[C@@H](O)COc3ccc(F)cc3)c(=O)c2c1C. The maximum absolute atomic E-state index is 13.0. The Kier molecular flexibility index (Phi) is 6.29. The number of esters is 1. The maximum Gasteiger partial charge on any atom is 0.348 e. The number of carbonyl (C=O) groups excluding carboxylic acids is 1. The highest BCUT2D eigenvalue weighted by molar-refractivity contribution is 7.20. The van der Waals surface area contributed by atoms with Crippen molar-refractivity contribution in [3.05, 3.63) is 56.7 Å². The van der Waals surface area contributed by atoms with E-state index in [-0.39, 0.29) is 31.1 Å². The molecule has 0 unspecified atom stereocenters. The first-order chi connectivity index (χ1) is 13.8. The molecule has 0 saturated carbocycles. The molecule has 29 heavy (non-hydrogen) atoms. The van der Waals surface area contributed by atoms with Crippen LogP contribution in [-0.4, -0.2) is 39.9 Å². The predicted molar refractivity (Wildman–Crippen MR) is 107 cm³/mol. The van der Waals surface area contributed by atoms with E-state index in [0.717, 1.165) is 11.3 Å². The van der Waals surface area contributed by atoms with E-state index >= 15 is 0 Å². The van der Waals surface area contributed by atoms with Gasteiger partial charge in [0.05, 0.1) is 18.5 Å². The third-order valence-electron chi connectivity index (χ3n) is 4.35. The third-order valence-corrected chi connectivity index (χ3v) is 5.52. The Balaban J connectivity index is 1.83. The molecule has 1 atom stereocenters. The van der Waals surface area contributed by atoms with E-state index in [1.807, 2.05) is 0 Å². The van der Waals surface area contributed by atoms with E-state index in [2.05, 4.69) is 4.98 Å². The molecular formula is C20H21FN2O5S. The normalized spacial score (nSPS) is 12.2. The molecule has 1 aromatic carbocycles. The van der Waals surface area contributed by atoms with E-state index in [1.54, 1.807) is 20.8 Å². The Labute approximate surface area is 170 Å². The number of aliphatic hydroxyl groups excluding tert-OH is 1. The summed E-state index contributed by atoms with van der Waals surface area (Å²) in [4.78, 5) is 30.3. The number of aliphatic hydroxyl groups is 1. The number of thiophene rings is 1. The second-order valence-corrected chi connectivity index (χ2v) is 7.45. The quantitative estimate of drug-likeness (QED) is 0.591. The van der Waals surface area contributed by atoms with Crippen molar-refractivity contribution in [2.24, 2.45) is 0 Å². The number of rotatable bonds is 7. The zero-order chi connectivity index (χ0) is 21.1. The van der Waals surface area contributed by atoms with Gasteiger partial charge in [0.2, 0.25) is 0 Å². The van der Waals surface area contributed by atoms with Crippen molar-refractivity contribution >= 4 is 27.5 Å². The van der Waals surface area contributed by atoms with Gasteiger partial charge in [0.15, 0.2) is 0 Å². The van der Waals surface area contributed by atoms with Crippen LogP contribution in [0, 0.1) is 19.7 Å². The van der Waals surface area contributed by atoms with Crippen molar-refractivity contribution in [2.45, 2.75) is 33.4 Å². The number of aromatic nitrogens is 2. The molecule has 0 amide bonds. The van der Waals surface area contributed by atoms with Crippen LogP contribution in [0.3, 0.4) is 0 Å². The summed E-state index contributed by atoms with van der Waals surface area (Å²) in [6.07, 6.45) is -0.987. The highest BCUT2D eigenvalue weighted by Gasteiger charge is 2.22. The molecule has 0 spiro atoms. The number of benzene rings is 1. The fraction of sp³-hybridized carbons (Fsp3) is 0.350. The molecule has 3 rings (SSSR count). The van der Waals surface area contributed by atoms with Gasteiger partial charge in [-0.2, -0.15) is 0 Å². The molecule has 7 nitrogen and oxygen atoms in total.